The molecule has 164 valence electrons. The number of amides is 2. The maximum Gasteiger partial charge on any atom is 0.408 e. The number of nitrogens with one attached hydrogen (secondary N) is 2. The molecule has 9 heteroatoms. The normalized spacial score (nSPS) is 12.5. The number of aryl methyl sites for hydroxylation is 2. The van der Waals surface area contributed by atoms with Crippen molar-refractivity contribution >= 4 is 29.4 Å². The number of benzene rings is 1. The Morgan fingerprint density at radius 1 is 1.20 bits per heavy atom. The van der Waals surface area contributed by atoms with E-state index in [0.717, 1.165) is 28.6 Å². The lowest BCUT2D eigenvalue weighted by Gasteiger charge is -2.23. The minimum Gasteiger partial charge on any atom is -0.444 e. The molecule has 2 aromatic rings. The van der Waals surface area contributed by atoms with E-state index in [1.807, 2.05) is 45.9 Å². The predicted octanol–water partition coefficient (Wildman–Crippen LogP) is 4.64. The SMILES string of the molecule is Cc1ccc(C)c(NC(=O)CSc2nnc(C(NC(=O)OC(C)(C)C)C(C)C)o2)c1. The van der Waals surface area contributed by atoms with Crippen LogP contribution in [0.3, 0.4) is 0 Å². The number of hydrogen-bond donors (Lipinski definition) is 2. The van der Waals surface area contributed by atoms with Gasteiger partial charge in [-0.25, -0.2) is 4.79 Å². The molecule has 8 nitrogen and oxygen atoms in total. The summed E-state index contributed by atoms with van der Waals surface area (Å²) in [6, 6.07) is 5.39. The molecular weight excluding hydrogens is 404 g/mol. The molecular formula is C21H30N4O4S. The third kappa shape index (κ3) is 7.37. The van der Waals surface area contributed by atoms with Crippen LogP contribution in [0.25, 0.3) is 0 Å². The van der Waals surface area contributed by atoms with E-state index < -0.39 is 17.7 Å². The zero-order chi connectivity index (χ0) is 22.5. The van der Waals surface area contributed by atoms with Crippen LogP contribution in [0.15, 0.2) is 27.8 Å². The van der Waals surface area contributed by atoms with Crippen LogP contribution in [0.1, 0.15) is 57.7 Å². The minimum atomic E-state index is -0.607. The van der Waals surface area contributed by atoms with Gasteiger partial charge in [-0.05, 0) is 57.7 Å². The molecule has 2 N–H and O–H groups in total. The molecule has 1 aromatic carbocycles. The number of alkyl carbamates (subject to hydrolysis) is 1. The Balaban J connectivity index is 1.96. The average molecular weight is 435 g/mol. The van der Waals surface area contributed by atoms with E-state index in [0.29, 0.717) is 0 Å². The second kappa shape index (κ2) is 9.97. The van der Waals surface area contributed by atoms with Crippen molar-refractivity contribution in [3.63, 3.8) is 0 Å². The quantitative estimate of drug-likeness (QED) is 0.611. The molecule has 0 fully saturated rings. The smallest absolute Gasteiger partial charge is 0.408 e. The molecule has 2 rings (SSSR count). The standard InChI is InChI=1S/C21H30N4O4S/c1-12(2)17(23-19(27)29-21(5,6)7)18-24-25-20(28-18)30-11-16(26)22-15-10-13(3)8-9-14(15)4/h8-10,12,17H,11H2,1-7H3,(H,22,26)(H,23,27). The first kappa shape index (κ1) is 23.7. The van der Waals surface area contributed by atoms with E-state index in [-0.39, 0.29) is 28.7 Å². The zero-order valence-corrected chi connectivity index (χ0v) is 19.3. The number of ether oxygens (including phenoxy) is 1. The topological polar surface area (TPSA) is 106 Å². The number of carbonyl (C=O) groups is 2. The van der Waals surface area contributed by atoms with E-state index in [9.17, 15) is 9.59 Å². The van der Waals surface area contributed by atoms with Crippen LogP contribution >= 0.6 is 11.8 Å². The van der Waals surface area contributed by atoms with Crippen molar-refractivity contribution in [1.82, 2.24) is 15.5 Å². The summed E-state index contributed by atoms with van der Waals surface area (Å²) in [4.78, 5) is 24.4. The summed E-state index contributed by atoms with van der Waals surface area (Å²) in [6.07, 6.45) is -0.554. The van der Waals surface area contributed by atoms with Gasteiger partial charge in [0.15, 0.2) is 0 Å². The number of thioether (sulfide) groups is 1. The summed E-state index contributed by atoms with van der Waals surface area (Å²) in [5.41, 5.74) is 2.24. The van der Waals surface area contributed by atoms with Gasteiger partial charge >= 0.3 is 6.09 Å². The monoisotopic (exact) mass is 434 g/mol. The highest BCUT2D eigenvalue weighted by Gasteiger charge is 2.27. The number of aromatic nitrogens is 2. The fraction of sp³-hybridized carbons (Fsp3) is 0.524. The Kier molecular flexibility index (Phi) is 7.89. The highest BCUT2D eigenvalue weighted by molar-refractivity contribution is 7.99. The molecule has 1 unspecified atom stereocenters. The van der Waals surface area contributed by atoms with Crippen molar-refractivity contribution in [2.75, 3.05) is 11.1 Å². The fourth-order valence-electron chi connectivity index (χ4n) is 2.54. The Morgan fingerprint density at radius 2 is 1.90 bits per heavy atom. The van der Waals surface area contributed by atoms with Gasteiger partial charge in [-0.1, -0.05) is 37.7 Å². The van der Waals surface area contributed by atoms with Crippen LogP contribution in [0.5, 0.6) is 0 Å². The zero-order valence-electron chi connectivity index (χ0n) is 18.5. The van der Waals surface area contributed by atoms with Crippen LogP contribution in [0.4, 0.5) is 10.5 Å². The first-order valence-electron chi connectivity index (χ1n) is 9.77. The molecule has 1 heterocycles. The van der Waals surface area contributed by atoms with Crippen LogP contribution in [0, 0.1) is 19.8 Å². The molecule has 0 bridgehead atoms. The third-order valence-electron chi connectivity index (χ3n) is 4.02. The van der Waals surface area contributed by atoms with Crippen molar-refractivity contribution in [2.24, 2.45) is 5.92 Å². The van der Waals surface area contributed by atoms with Crippen LogP contribution < -0.4 is 10.6 Å². The van der Waals surface area contributed by atoms with Crippen molar-refractivity contribution in [1.29, 1.82) is 0 Å². The van der Waals surface area contributed by atoms with E-state index in [1.54, 1.807) is 20.8 Å². The van der Waals surface area contributed by atoms with Crippen LogP contribution in [-0.4, -0.2) is 33.6 Å². The second-order valence-electron chi connectivity index (χ2n) is 8.43. The van der Waals surface area contributed by atoms with Gasteiger partial charge in [-0.15, -0.1) is 10.2 Å². The second-order valence-corrected chi connectivity index (χ2v) is 9.36. The molecule has 0 saturated heterocycles. The summed E-state index contributed by atoms with van der Waals surface area (Å²) in [5.74, 6) is 0.235. The molecule has 0 aliphatic carbocycles. The first-order chi connectivity index (χ1) is 13.9. The third-order valence-corrected chi connectivity index (χ3v) is 4.84. The highest BCUT2D eigenvalue weighted by atomic mass is 32.2. The van der Waals surface area contributed by atoms with Gasteiger partial charge in [0.2, 0.25) is 11.8 Å². The summed E-state index contributed by atoms with van der Waals surface area (Å²) in [7, 11) is 0. The molecule has 2 amide bonds. The van der Waals surface area contributed by atoms with Gasteiger partial charge in [0, 0.05) is 5.69 Å². The molecule has 0 aliphatic heterocycles. The Morgan fingerprint density at radius 3 is 2.53 bits per heavy atom. The number of rotatable bonds is 7. The summed E-state index contributed by atoms with van der Waals surface area (Å²) < 4.78 is 11.0. The summed E-state index contributed by atoms with van der Waals surface area (Å²) in [5, 5.41) is 13.9. The summed E-state index contributed by atoms with van der Waals surface area (Å²) >= 11 is 1.14. The first-order valence-corrected chi connectivity index (χ1v) is 10.8. The number of hydrogen-bond acceptors (Lipinski definition) is 7. The highest BCUT2D eigenvalue weighted by Crippen LogP contribution is 2.25. The molecule has 0 saturated carbocycles. The number of carbonyl (C=O) groups excluding carboxylic acids is 2. The molecule has 0 aliphatic rings. The van der Waals surface area contributed by atoms with Crippen molar-refractivity contribution < 1.29 is 18.7 Å². The van der Waals surface area contributed by atoms with Gasteiger partial charge in [-0.2, -0.15) is 0 Å². The molecule has 30 heavy (non-hydrogen) atoms. The minimum absolute atomic E-state index is 0.00316. The van der Waals surface area contributed by atoms with Gasteiger partial charge in [-0.3, -0.25) is 4.79 Å². The molecule has 0 spiro atoms. The fourth-order valence-corrected chi connectivity index (χ4v) is 3.11. The van der Waals surface area contributed by atoms with Crippen molar-refractivity contribution in [3.05, 3.63) is 35.2 Å². The summed E-state index contributed by atoms with van der Waals surface area (Å²) in [6.45, 7) is 13.1. The maximum absolute atomic E-state index is 12.3. The lowest BCUT2D eigenvalue weighted by Crippen LogP contribution is -2.37. The lowest BCUT2D eigenvalue weighted by atomic mass is 10.1. The maximum atomic E-state index is 12.3. The van der Waals surface area contributed by atoms with Gasteiger partial charge in [0.1, 0.15) is 11.6 Å². The molecule has 1 aromatic heterocycles. The van der Waals surface area contributed by atoms with E-state index >= 15 is 0 Å². The Labute approximate surface area is 181 Å². The van der Waals surface area contributed by atoms with Gasteiger partial charge < -0.3 is 19.8 Å². The van der Waals surface area contributed by atoms with E-state index in [2.05, 4.69) is 20.8 Å². The predicted molar refractivity (Wildman–Crippen MR) is 117 cm³/mol. The Bertz CT molecular complexity index is 889. The Hall–Kier alpha value is -2.55. The number of anilines is 1. The number of nitrogens with zero attached hydrogens (tertiary/aromatic N) is 2. The molecule has 0 radical (unpaired) electrons. The average Bonchev–Trinajstić information content (AvgIpc) is 3.08. The largest absolute Gasteiger partial charge is 0.444 e. The van der Waals surface area contributed by atoms with E-state index in [1.165, 1.54) is 0 Å². The van der Waals surface area contributed by atoms with Gasteiger partial charge in [0.05, 0.1) is 5.75 Å². The van der Waals surface area contributed by atoms with Gasteiger partial charge in [0.25, 0.3) is 5.22 Å². The van der Waals surface area contributed by atoms with Crippen LogP contribution in [-0.2, 0) is 9.53 Å². The van der Waals surface area contributed by atoms with Crippen LogP contribution in [0.2, 0.25) is 0 Å². The van der Waals surface area contributed by atoms with Crippen molar-refractivity contribution in [2.45, 2.75) is 65.3 Å². The van der Waals surface area contributed by atoms with E-state index in [4.69, 9.17) is 9.15 Å². The molecule has 1 atom stereocenters. The van der Waals surface area contributed by atoms with Crippen molar-refractivity contribution in [3.8, 4) is 0 Å². The lowest BCUT2D eigenvalue weighted by molar-refractivity contribution is -0.113.